The van der Waals surface area contributed by atoms with E-state index in [4.69, 9.17) is 21.1 Å². The average molecular weight is 414 g/mol. The molecule has 0 aliphatic carbocycles. The monoisotopic (exact) mass is 412 g/mol. The van der Waals surface area contributed by atoms with Gasteiger partial charge in [-0.25, -0.2) is 10.2 Å². The van der Waals surface area contributed by atoms with Crippen LogP contribution in [0.2, 0.25) is 5.02 Å². The van der Waals surface area contributed by atoms with Crippen molar-refractivity contribution in [1.82, 2.24) is 10.9 Å². The van der Waals surface area contributed by atoms with Gasteiger partial charge < -0.3 is 9.47 Å². The summed E-state index contributed by atoms with van der Waals surface area (Å²) in [5, 5.41) is 0.543. The molecule has 2 aromatic rings. The minimum Gasteiger partial charge on any atom is -0.483 e. The fraction of sp³-hybridized carbons (Fsp3) is 0.125. The van der Waals surface area contributed by atoms with Crippen LogP contribution in [0.4, 0.5) is 4.79 Å². The molecule has 8 heteroatoms. The van der Waals surface area contributed by atoms with E-state index in [9.17, 15) is 9.59 Å². The number of amides is 2. The van der Waals surface area contributed by atoms with E-state index >= 15 is 0 Å². The molecule has 126 valence electrons. The highest BCUT2D eigenvalue weighted by Gasteiger charge is 2.08. The maximum atomic E-state index is 11.6. The molecule has 24 heavy (non-hydrogen) atoms. The Morgan fingerprint density at radius 2 is 1.83 bits per heavy atom. The van der Waals surface area contributed by atoms with Crippen LogP contribution in [0.3, 0.4) is 0 Å². The second kappa shape index (κ2) is 9.14. The summed E-state index contributed by atoms with van der Waals surface area (Å²) >= 11 is 9.08. The summed E-state index contributed by atoms with van der Waals surface area (Å²) in [5.41, 5.74) is 5.17. The zero-order valence-electron chi connectivity index (χ0n) is 12.4. The Labute approximate surface area is 152 Å². The van der Waals surface area contributed by atoms with Crippen LogP contribution in [0.25, 0.3) is 0 Å². The molecule has 0 atom stereocenters. The van der Waals surface area contributed by atoms with Gasteiger partial charge in [-0.1, -0.05) is 41.9 Å². The van der Waals surface area contributed by atoms with Gasteiger partial charge in [-0.3, -0.25) is 10.2 Å². The molecule has 0 radical (unpaired) electrons. The lowest BCUT2D eigenvalue weighted by molar-refractivity contribution is -0.124. The topological polar surface area (TPSA) is 76.7 Å². The molecule has 2 amide bonds. The van der Waals surface area contributed by atoms with Crippen LogP contribution in [-0.4, -0.2) is 18.6 Å². The van der Waals surface area contributed by atoms with E-state index in [1.165, 1.54) is 0 Å². The third kappa shape index (κ3) is 6.10. The van der Waals surface area contributed by atoms with Crippen LogP contribution in [0.15, 0.2) is 53.0 Å². The summed E-state index contributed by atoms with van der Waals surface area (Å²) in [5.74, 6) is -0.0743. The molecule has 0 aromatic heterocycles. The van der Waals surface area contributed by atoms with Crippen molar-refractivity contribution < 1.29 is 19.1 Å². The van der Waals surface area contributed by atoms with Crippen molar-refractivity contribution in [2.45, 2.75) is 6.61 Å². The Morgan fingerprint density at radius 3 is 2.54 bits per heavy atom. The minimum atomic E-state index is -0.764. The second-order valence-electron chi connectivity index (χ2n) is 4.60. The number of ether oxygens (including phenoxy) is 2. The zero-order valence-corrected chi connectivity index (χ0v) is 14.8. The van der Waals surface area contributed by atoms with Gasteiger partial charge in [0.15, 0.2) is 6.61 Å². The fourth-order valence-electron chi connectivity index (χ4n) is 1.65. The van der Waals surface area contributed by atoms with Gasteiger partial charge in [-0.15, -0.1) is 0 Å². The molecule has 0 unspecified atom stereocenters. The van der Waals surface area contributed by atoms with E-state index in [0.29, 0.717) is 15.2 Å². The van der Waals surface area contributed by atoms with E-state index in [0.717, 1.165) is 5.56 Å². The quantitative estimate of drug-likeness (QED) is 0.736. The first-order chi connectivity index (χ1) is 11.5. The van der Waals surface area contributed by atoms with Crippen molar-refractivity contribution in [3.63, 3.8) is 0 Å². The Kier molecular flexibility index (Phi) is 6.89. The Morgan fingerprint density at radius 1 is 1.08 bits per heavy atom. The van der Waals surface area contributed by atoms with Crippen LogP contribution >= 0.6 is 27.5 Å². The fourth-order valence-corrected chi connectivity index (χ4v) is 2.45. The second-order valence-corrected chi connectivity index (χ2v) is 5.89. The molecule has 0 fully saturated rings. The molecule has 2 aromatic carbocycles. The van der Waals surface area contributed by atoms with Gasteiger partial charge in [0.05, 0.1) is 4.47 Å². The highest BCUT2D eigenvalue weighted by Crippen LogP contribution is 2.27. The minimum absolute atomic E-state index is 0.108. The molecule has 2 N–H and O–H groups in total. The van der Waals surface area contributed by atoms with Crippen molar-refractivity contribution in [3.8, 4) is 5.75 Å². The maximum absolute atomic E-state index is 11.6. The molecule has 0 aliphatic heterocycles. The SMILES string of the molecule is O=C(COc1ccc(Cl)cc1Br)NNC(=O)OCc1ccccc1. The number of hydrazine groups is 1. The summed E-state index contributed by atoms with van der Waals surface area (Å²) in [6, 6.07) is 14.1. The number of halogens is 2. The highest BCUT2D eigenvalue weighted by atomic mass is 79.9. The lowest BCUT2D eigenvalue weighted by Gasteiger charge is -2.10. The first kappa shape index (κ1) is 18.1. The molecular formula is C16H14BrClN2O4. The summed E-state index contributed by atoms with van der Waals surface area (Å²) in [7, 11) is 0. The first-order valence-electron chi connectivity index (χ1n) is 6.88. The molecule has 0 heterocycles. The van der Waals surface area contributed by atoms with Crippen LogP contribution in [0.5, 0.6) is 5.75 Å². The standard InChI is InChI=1S/C16H14BrClN2O4/c17-13-8-12(18)6-7-14(13)23-10-15(21)19-20-16(22)24-9-11-4-2-1-3-5-11/h1-8H,9-10H2,(H,19,21)(H,20,22). The normalized spacial score (nSPS) is 9.92. The smallest absolute Gasteiger partial charge is 0.426 e. The summed E-state index contributed by atoms with van der Waals surface area (Å²) in [4.78, 5) is 23.1. The van der Waals surface area contributed by atoms with Crippen molar-refractivity contribution in [3.05, 3.63) is 63.6 Å². The van der Waals surface area contributed by atoms with E-state index in [1.807, 2.05) is 30.3 Å². The zero-order chi connectivity index (χ0) is 17.4. The molecule has 0 saturated carbocycles. The maximum Gasteiger partial charge on any atom is 0.426 e. The van der Waals surface area contributed by atoms with Crippen molar-refractivity contribution in [2.75, 3.05) is 6.61 Å². The van der Waals surface area contributed by atoms with Gasteiger partial charge >= 0.3 is 6.09 Å². The van der Waals surface area contributed by atoms with Gasteiger partial charge in [-0.2, -0.15) is 0 Å². The van der Waals surface area contributed by atoms with Gasteiger partial charge in [0, 0.05) is 5.02 Å². The van der Waals surface area contributed by atoms with Crippen LogP contribution in [-0.2, 0) is 16.1 Å². The van der Waals surface area contributed by atoms with Crippen LogP contribution in [0, 0.1) is 0 Å². The number of hydrogen-bond acceptors (Lipinski definition) is 4. The average Bonchev–Trinajstić information content (AvgIpc) is 2.58. The predicted octanol–water partition coefficient (Wildman–Crippen LogP) is 3.44. The highest BCUT2D eigenvalue weighted by molar-refractivity contribution is 9.10. The number of carbonyl (C=O) groups excluding carboxylic acids is 2. The van der Waals surface area contributed by atoms with E-state index in [1.54, 1.807) is 18.2 Å². The lowest BCUT2D eigenvalue weighted by Crippen LogP contribution is -2.44. The molecule has 0 aliphatic rings. The van der Waals surface area contributed by atoms with Crippen molar-refractivity contribution in [2.24, 2.45) is 0 Å². The van der Waals surface area contributed by atoms with Gasteiger partial charge in [0.1, 0.15) is 12.4 Å². The summed E-state index contributed by atoms with van der Waals surface area (Å²) in [6.07, 6.45) is -0.764. The molecule has 0 spiro atoms. The number of carbonyl (C=O) groups is 2. The van der Waals surface area contributed by atoms with Gasteiger partial charge in [0.25, 0.3) is 5.91 Å². The predicted molar refractivity (Wildman–Crippen MR) is 92.6 cm³/mol. The van der Waals surface area contributed by atoms with E-state index in [-0.39, 0.29) is 13.2 Å². The van der Waals surface area contributed by atoms with Crippen LogP contribution in [0.1, 0.15) is 5.56 Å². The molecular weight excluding hydrogens is 400 g/mol. The summed E-state index contributed by atoms with van der Waals surface area (Å²) in [6.45, 7) is -0.171. The largest absolute Gasteiger partial charge is 0.483 e. The van der Waals surface area contributed by atoms with Crippen molar-refractivity contribution >= 4 is 39.5 Å². The molecule has 2 rings (SSSR count). The van der Waals surface area contributed by atoms with E-state index in [2.05, 4.69) is 26.8 Å². The number of rotatable bonds is 5. The third-order valence-corrected chi connectivity index (χ3v) is 3.62. The molecule has 0 bridgehead atoms. The van der Waals surface area contributed by atoms with Gasteiger partial charge in [-0.05, 0) is 39.7 Å². The summed E-state index contributed by atoms with van der Waals surface area (Å²) < 4.78 is 10.9. The third-order valence-electron chi connectivity index (χ3n) is 2.77. The lowest BCUT2D eigenvalue weighted by atomic mass is 10.2. The van der Waals surface area contributed by atoms with E-state index < -0.39 is 12.0 Å². The Hall–Kier alpha value is -2.25. The Balaban J connectivity index is 1.68. The number of hydrogen-bond donors (Lipinski definition) is 2. The molecule has 0 saturated heterocycles. The van der Waals surface area contributed by atoms with Crippen molar-refractivity contribution in [1.29, 1.82) is 0 Å². The van der Waals surface area contributed by atoms with Crippen LogP contribution < -0.4 is 15.6 Å². The molecule has 6 nitrogen and oxygen atoms in total. The number of nitrogens with one attached hydrogen (secondary N) is 2. The number of benzene rings is 2. The van der Waals surface area contributed by atoms with Gasteiger partial charge in [0.2, 0.25) is 0 Å². The Bertz CT molecular complexity index is 712. The first-order valence-corrected chi connectivity index (χ1v) is 8.05.